The number of piperazine rings is 1. The maximum Gasteiger partial charge on any atom is 0.243 e. The Morgan fingerprint density at radius 2 is 1.92 bits per heavy atom. The van der Waals surface area contributed by atoms with Gasteiger partial charge in [-0.05, 0) is 12.8 Å². The molecule has 2 amide bonds. The summed E-state index contributed by atoms with van der Waals surface area (Å²) in [6.45, 7) is 5.64. The van der Waals surface area contributed by atoms with Gasteiger partial charge in [0.05, 0.1) is 0 Å². The lowest BCUT2D eigenvalue weighted by atomic mass is 9.96. The summed E-state index contributed by atoms with van der Waals surface area (Å²) < 4.78 is 0. The van der Waals surface area contributed by atoms with Crippen molar-refractivity contribution < 1.29 is 9.59 Å². The molecule has 1 saturated heterocycles. The first-order chi connectivity index (χ1) is 6.06. The van der Waals surface area contributed by atoms with Crippen molar-refractivity contribution >= 4 is 11.8 Å². The lowest BCUT2D eigenvalue weighted by Gasteiger charge is -2.30. The van der Waals surface area contributed by atoms with Gasteiger partial charge >= 0.3 is 0 Å². The van der Waals surface area contributed by atoms with Crippen LogP contribution in [0.2, 0.25) is 0 Å². The van der Waals surface area contributed by atoms with Gasteiger partial charge in [-0.3, -0.25) is 9.59 Å². The van der Waals surface area contributed by atoms with Crippen molar-refractivity contribution in [1.29, 1.82) is 0 Å². The van der Waals surface area contributed by atoms with E-state index in [4.69, 9.17) is 0 Å². The fourth-order valence-corrected chi connectivity index (χ4v) is 1.35. The summed E-state index contributed by atoms with van der Waals surface area (Å²) in [6.07, 6.45) is 0.882. The average molecular weight is 184 g/mol. The van der Waals surface area contributed by atoms with E-state index in [9.17, 15) is 9.59 Å². The molecule has 2 N–H and O–H groups in total. The minimum atomic E-state index is -0.396. The Labute approximate surface area is 78.1 Å². The van der Waals surface area contributed by atoms with Gasteiger partial charge in [0.1, 0.15) is 12.1 Å². The zero-order valence-corrected chi connectivity index (χ0v) is 8.26. The van der Waals surface area contributed by atoms with Crippen molar-refractivity contribution in [2.45, 2.75) is 39.3 Å². The van der Waals surface area contributed by atoms with Crippen LogP contribution in [0, 0.1) is 5.92 Å². The molecule has 1 fully saturated rings. The Morgan fingerprint density at radius 1 is 1.31 bits per heavy atom. The van der Waals surface area contributed by atoms with E-state index in [1.807, 2.05) is 13.8 Å². The molecule has 0 saturated carbocycles. The Morgan fingerprint density at radius 3 is 2.46 bits per heavy atom. The highest BCUT2D eigenvalue weighted by Crippen LogP contribution is 2.10. The standard InChI is InChI=1S/C9H16N2O2/c1-4-5(2)7-9(13)10-6(3)8(12)11-7/h5-7H,4H2,1-3H3,(H,10,13)(H,11,12)/t5-,6-,7+/m0/s1. The van der Waals surface area contributed by atoms with Crippen molar-refractivity contribution in [3.8, 4) is 0 Å². The van der Waals surface area contributed by atoms with Gasteiger partial charge in [0, 0.05) is 0 Å². The van der Waals surface area contributed by atoms with Crippen LogP contribution in [-0.2, 0) is 9.59 Å². The fourth-order valence-electron chi connectivity index (χ4n) is 1.35. The van der Waals surface area contributed by atoms with Crippen LogP contribution in [0.25, 0.3) is 0 Å². The summed E-state index contributed by atoms with van der Waals surface area (Å²) in [5.74, 6) is 0.0304. The van der Waals surface area contributed by atoms with Crippen molar-refractivity contribution in [2.24, 2.45) is 5.92 Å². The monoisotopic (exact) mass is 184 g/mol. The number of carbonyl (C=O) groups is 2. The van der Waals surface area contributed by atoms with Crippen LogP contribution in [-0.4, -0.2) is 23.9 Å². The summed E-state index contributed by atoms with van der Waals surface area (Å²) in [4.78, 5) is 22.7. The Bertz CT molecular complexity index is 228. The van der Waals surface area contributed by atoms with E-state index in [0.29, 0.717) is 0 Å². The van der Waals surface area contributed by atoms with Gasteiger partial charge in [-0.25, -0.2) is 0 Å². The molecule has 1 rings (SSSR count). The largest absolute Gasteiger partial charge is 0.343 e. The SMILES string of the molecule is CC[C@H](C)[C@H]1NC(=O)[C@H](C)NC1=O. The molecule has 4 heteroatoms. The van der Waals surface area contributed by atoms with Gasteiger partial charge in [-0.1, -0.05) is 20.3 Å². The second-order valence-electron chi connectivity index (χ2n) is 3.60. The lowest BCUT2D eigenvalue weighted by Crippen LogP contribution is -2.62. The van der Waals surface area contributed by atoms with Gasteiger partial charge in [0.2, 0.25) is 11.8 Å². The van der Waals surface area contributed by atoms with Crippen LogP contribution in [0.1, 0.15) is 27.2 Å². The molecule has 0 aromatic rings. The molecule has 0 unspecified atom stereocenters. The van der Waals surface area contributed by atoms with E-state index in [0.717, 1.165) is 6.42 Å². The summed E-state index contributed by atoms with van der Waals surface area (Å²) >= 11 is 0. The quantitative estimate of drug-likeness (QED) is 0.636. The molecule has 0 aliphatic carbocycles. The first-order valence-corrected chi connectivity index (χ1v) is 4.67. The molecule has 0 aromatic heterocycles. The molecular weight excluding hydrogens is 168 g/mol. The summed E-state index contributed by atoms with van der Waals surface area (Å²) in [6, 6.07) is -0.749. The third-order valence-corrected chi connectivity index (χ3v) is 2.55. The highest BCUT2D eigenvalue weighted by molar-refractivity contribution is 5.96. The second kappa shape index (κ2) is 3.77. The number of hydrogen-bond acceptors (Lipinski definition) is 2. The minimum absolute atomic E-state index is 0.0681. The molecule has 13 heavy (non-hydrogen) atoms. The van der Waals surface area contributed by atoms with E-state index in [1.54, 1.807) is 6.92 Å². The molecular formula is C9H16N2O2. The van der Waals surface area contributed by atoms with Crippen LogP contribution in [0.5, 0.6) is 0 Å². The van der Waals surface area contributed by atoms with Gasteiger partial charge in [0.15, 0.2) is 0 Å². The third-order valence-electron chi connectivity index (χ3n) is 2.55. The molecule has 74 valence electrons. The number of hydrogen-bond donors (Lipinski definition) is 2. The third kappa shape index (κ3) is 1.99. The van der Waals surface area contributed by atoms with Crippen LogP contribution >= 0.6 is 0 Å². The van der Waals surface area contributed by atoms with E-state index < -0.39 is 6.04 Å². The lowest BCUT2D eigenvalue weighted by molar-refractivity contribution is -0.137. The van der Waals surface area contributed by atoms with Crippen molar-refractivity contribution in [2.75, 3.05) is 0 Å². The molecule has 1 aliphatic rings. The van der Waals surface area contributed by atoms with Gasteiger partial charge < -0.3 is 10.6 Å². The molecule has 4 nitrogen and oxygen atoms in total. The van der Waals surface area contributed by atoms with Crippen LogP contribution in [0.15, 0.2) is 0 Å². The van der Waals surface area contributed by atoms with Crippen molar-refractivity contribution in [1.82, 2.24) is 10.6 Å². The first kappa shape index (κ1) is 10.0. The summed E-state index contributed by atoms with van der Waals surface area (Å²) in [5, 5.41) is 5.36. The minimum Gasteiger partial charge on any atom is -0.343 e. The molecule has 0 radical (unpaired) electrons. The van der Waals surface area contributed by atoms with E-state index in [1.165, 1.54) is 0 Å². The predicted molar refractivity (Wildman–Crippen MR) is 49.0 cm³/mol. The first-order valence-electron chi connectivity index (χ1n) is 4.67. The van der Waals surface area contributed by atoms with Crippen LogP contribution in [0.4, 0.5) is 0 Å². The average Bonchev–Trinajstić information content (AvgIpc) is 2.10. The second-order valence-corrected chi connectivity index (χ2v) is 3.60. The smallest absolute Gasteiger partial charge is 0.243 e. The van der Waals surface area contributed by atoms with Crippen molar-refractivity contribution in [3.63, 3.8) is 0 Å². The summed E-state index contributed by atoms with van der Waals surface area (Å²) in [5.41, 5.74) is 0. The zero-order chi connectivity index (χ0) is 10.0. The Kier molecular flexibility index (Phi) is 2.90. The maximum atomic E-state index is 11.4. The molecule has 0 aromatic carbocycles. The number of carbonyl (C=O) groups excluding carboxylic acids is 2. The molecule has 1 aliphatic heterocycles. The molecule has 0 bridgehead atoms. The van der Waals surface area contributed by atoms with E-state index in [2.05, 4.69) is 10.6 Å². The van der Waals surface area contributed by atoms with Crippen LogP contribution in [0.3, 0.4) is 0 Å². The fraction of sp³-hybridized carbons (Fsp3) is 0.778. The molecule has 3 atom stereocenters. The van der Waals surface area contributed by atoms with Gasteiger partial charge in [0.25, 0.3) is 0 Å². The summed E-state index contributed by atoms with van der Waals surface area (Å²) in [7, 11) is 0. The number of nitrogens with one attached hydrogen (secondary N) is 2. The Hall–Kier alpha value is -1.06. The normalized spacial score (nSPS) is 30.7. The van der Waals surface area contributed by atoms with Gasteiger partial charge in [-0.2, -0.15) is 0 Å². The van der Waals surface area contributed by atoms with Crippen molar-refractivity contribution in [3.05, 3.63) is 0 Å². The van der Waals surface area contributed by atoms with E-state index in [-0.39, 0.29) is 23.8 Å². The molecule has 1 heterocycles. The zero-order valence-electron chi connectivity index (χ0n) is 8.26. The van der Waals surface area contributed by atoms with Crippen LogP contribution < -0.4 is 10.6 Å². The Balaban J connectivity index is 2.66. The highest BCUT2D eigenvalue weighted by atomic mass is 16.2. The maximum absolute atomic E-state index is 11.4. The van der Waals surface area contributed by atoms with E-state index >= 15 is 0 Å². The topological polar surface area (TPSA) is 58.2 Å². The number of rotatable bonds is 2. The highest BCUT2D eigenvalue weighted by Gasteiger charge is 2.33. The number of amides is 2. The predicted octanol–water partition coefficient (Wildman–Crippen LogP) is 0.0356. The molecule has 0 spiro atoms. The van der Waals surface area contributed by atoms with Gasteiger partial charge in [-0.15, -0.1) is 0 Å².